The number of ether oxygens (including phenoxy) is 1. The number of carbonyl (C=O) groups is 1. The monoisotopic (exact) mass is 447 g/mol. The molecule has 0 fully saturated rings. The Bertz CT molecular complexity index is 1120. The third kappa shape index (κ3) is 5.41. The van der Waals surface area contributed by atoms with Crippen LogP contribution in [-0.4, -0.2) is 13.0 Å². The van der Waals surface area contributed by atoms with Gasteiger partial charge in [0.25, 0.3) is 5.91 Å². The zero-order chi connectivity index (χ0) is 23.3. The highest BCUT2D eigenvalue weighted by Gasteiger charge is 2.19. The molecule has 1 N–H and O–H groups in total. The molecule has 3 rings (SSSR count). The van der Waals surface area contributed by atoms with E-state index >= 15 is 0 Å². The van der Waals surface area contributed by atoms with E-state index in [-0.39, 0.29) is 11.9 Å². The predicted octanol–water partition coefficient (Wildman–Crippen LogP) is 7.20. The lowest BCUT2D eigenvalue weighted by Crippen LogP contribution is -2.28. The van der Waals surface area contributed by atoms with Crippen molar-refractivity contribution in [3.05, 3.63) is 99.6 Å². The van der Waals surface area contributed by atoms with Crippen LogP contribution in [0.5, 0.6) is 5.75 Å². The van der Waals surface area contributed by atoms with Crippen molar-refractivity contribution in [1.29, 1.82) is 0 Å². The van der Waals surface area contributed by atoms with Gasteiger partial charge in [-0.25, -0.2) is 0 Å². The Morgan fingerprint density at radius 3 is 2.25 bits per heavy atom. The second kappa shape index (κ2) is 10.5. The van der Waals surface area contributed by atoms with Gasteiger partial charge in [-0.2, -0.15) is 0 Å². The summed E-state index contributed by atoms with van der Waals surface area (Å²) in [5.74, 6) is 1.04. The van der Waals surface area contributed by atoms with Crippen LogP contribution in [0.1, 0.15) is 60.5 Å². The molecule has 0 aromatic heterocycles. The van der Waals surface area contributed by atoms with E-state index in [0.29, 0.717) is 16.5 Å². The van der Waals surface area contributed by atoms with Gasteiger partial charge in [0.15, 0.2) is 0 Å². The molecule has 0 aliphatic carbocycles. The van der Waals surface area contributed by atoms with Crippen LogP contribution >= 0.6 is 11.6 Å². The molecule has 32 heavy (non-hydrogen) atoms. The Kier molecular flexibility index (Phi) is 7.76. The van der Waals surface area contributed by atoms with Gasteiger partial charge >= 0.3 is 0 Å². The van der Waals surface area contributed by atoms with E-state index in [1.807, 2.05) is 80.6 Å². The molecule has 166 valence electrons. The average molecular weight is 448 g/mol. The molecule has 0 saturated carbocycles. The summed E-state index contributed by atoms with van der Waals surface area (Å²) in [6.45, 7) is 8.33. The molecule has 0 saturated heterocycles. The first kappa shape index (κ1) is 23.6. The summed E-state index contributed by atoms with van der Waals surface area (Å²) >= 11 is 6.37. The molecular weight excluding hydrogens is 418 g/mol. The van der Waals surface area contributed by atoms with Crippen molar-refractivity contribution < 1.29 is 9.53 Å². The number of halogens is 1. The maximum atomic E-state index is 13.4. The van der Waals surface area contributed by atoms with Gasteiger partial charge in [-0.05, 0) is 71.9 Å². The van der Waals surface area contributed by atoms with Gasteiger partial charge in [0, 0.05) is 10.6 Å². The van der Waals surface area contributed by atoms with Gasteiger partial charge in [0.2, 0.25) is 0 Å². The van der Waals surface area contributed by atoms with E-state index in [2.05, 4.69) is 25.2 Å². The topological polar surface area (TPSA) is 38.3 Å². The number of rotatable bonds is 7. The zero-order valence-electron chi connectivity index (χ0n) is 19.3. The van der Waals surface area contributed by atoms with Gasteiger partial charge in [-0.15, -0.1) is 0 Å². The van der Waals surface area contributed by atoms with E-state index in [9.17, 15) is 4.79 Å². The first-order chi connectivity index (χ1) is 15.3. The molecule has 3 aromatic rings. The molecule has 4 heteroatoms. The standard InChI is InChI=1S/C28H30ClNO2/c1-18(2)23-17-24(19(3)15-27(23)32-5)20(4)30-28(31)25(21-11-7-6-8-12-21)16-22-13-9-10-14-26(22)29/h6-18,20H,1-5H3,(H,30,31)/b25-16+/t20-/m1/s1. The summed E-state index contributed by atoms with van der Waals surface area (Å²) in [7, 11) is 1.69. The van der Waals surface area contributed by atoms with Crippen LogP contribution in [0.15, 0.2) is 66.7 Å². The Labute approximate surface area is 196 Å². The van der Waals surface area contributed by atoms with Crippen molar-refractivity contribution in [2.75, 3.05) is 7.11 Å². The molecule has 0 unspecified atom stereocenters. The molecule has 0 aliphatic heterocycles. The smallest absolute Gasteiger partial charge is 0.252 e. The minimum atomic E-state index is -0.177. The van der Waals surface area contributed by atoms with Crippen molar-refractivity contribution in [3.63, 3.8) is 0 Å². The van der Waals surface area contributed by atoms with E-state index in [1.165, 1.54) is 0 Å². The normalized spacial score (nSPS) is 12.5. The van der Waals surface area contributed by atoms with Gasteiger partial charge in [-0.1, -0.05) is 74.0 Å². The number of hydrogen-bond donors (Lipinski definition) is 1. The van der Waals surface area contributed by atoms with Crippen LogP contribution in [0.4, 0.5) is 0 Å². The fourth-order valence-electron chi connectivity index (χ4n) is 3.81. The molecule has 3 aromatic carbocycles. The van der Waals surface area contributed by atoms with Crippen molar-refractivity contribution >= 4 is 29.2 Å². The molecule has 0 heterocycles. The van der Waals surface area contributed by atoms with Crippen LogP contribution in [-0.2, 0) is 4.79 Å². The second-order valence-corrected chi connectivity index (χ2v) is 8.65. The van der Waals surface area contributed by atoms with Gasteiger partial charge in [-0.3, -0.25) is 4.79 Å². The highest BCUT2D eigenvalue weighted by Crippen LogP contribution is 2.32. The lowest BCUT2D eigenvalue weighted by Gasteiger charge is -2.22. The predicted molar refractivity (Wildman–Crippen MR) is 134 cm³/mol. The SMILES string of the molecule is COc1cc(C)c([C@@H](C)NC(=O)/C(=C/c2ccccc2Cl)c2ccccc2)cc1C(C)C. The van der Waals surface area contributed by atoms with E-state index in [0.717, 1.165) is 33.6 Å². The summed E-state index contributed by atoms with van der Waals surface area (Å²) in [4.78, 5) is 13.4. The summed E-state index contributed by atoms with van der Waals surface area (Å²) in [6.07, 6.45) is 1.85. The molecular formula is C28H30ClNO2. The number of nitrogens with one attached hydrogen (secondary N) is 1. The van der Waals surface area contributed by atoms with E-state index in [4.69, 9.17) is 16.3 Å². The summed E-state index contributed by atoms with van der Waals surface area (Å²) in [5.41, 5.74) is 5.50. The molecule has 0 aliphatic rings. The first-order valence-electron chi connectivity index (χ1n) is 10.8. The number of aryl methyl sites for hydroxylation is 1. The fraction of sp³-hybridized carbons (Fsp3) is 0.250. The maximum absolute atomic E-state index is 13.4. The van der Waals surface area contributed by atoms with E-state index in [1.54, 1.807) is 7.11 Å². The van der Waals surface area contributed by atoms with Crippen LogP contribution in [0.2, 0.25) is 5.02 Å². The van der Waals surface area contributed by atoms with Crippen molar-refractivity contribution in [2.45, 2.75) is 39.7 Å². The maximum Gasteiger partial charge on any atom is 0.252 e. The molecule has 0 bridgehead atoms. The van der Waals surface area contributed by atoms with Crippen molar-refractivity contribution in [1.82, 2.24) is 5.32 Å². The zero-order valence-corrected chi connectivity index (χ0v) is 20.0. The second-order valence-electron chi connectivity index (χ2n) is 8.25. The van der Waals surface area contributed by atoms with Crippen LogP contribution in [0.3, 0.4) is 0 Å². The number of methoxy groups -OCH3 is 1. The summed E-state index contributed by atoms with van der Waals surface area (Å²) in [5, 5.41) is 3.79. The Balaban J connectivity index is 1.97. The van der Waals surface area contributed by atoms with Crippen LogP contribution in [0.25, 0.3) is 11.6 Å². The third-order valence-corrected chi connectivity index (χ3v) is 5.93. The molecule has 0 radical (unpaired) electrons. The van der Waals surface area contributed by atoms with Gasteiger partial charge < -0.3 is 10.1 Å². The van der Waals surface area contributed by atoms with Crippen molar-refractivity contribution in [2.24, 2.45) is 0 Å². The largest absolute Gasteiger partial charge is 0.496 e. The van der Waals surface area contributed by atoms with Crippen LogP contribution in [0, 0.1) is 6.92 Å². The lowest BCUT2D eigenvalue weighted by atomic mass is 9.93. The van der Waals surface area contributed by atoms with Crippen molar-refractivity contribution in [3.8, 4) is 5.75 Å². The Morgan fingerprint density at radius 1 is 0.969 bits per heavy atom. The molecule has 0 spiro atoms. The van der Waals surface area contributed by atoms with Gasteiger partial charge in [0.1, 0.15) is 5.75 Å². The van der Waals surface area contributed by atoms with E-state index < -0.39 is 0 Å². The highest BCUT2D eigenvalue weighted by molar-refractivity contribution is 6.33. The minimum Gasteiger partial charge on any atom is -0.496 e. The summed E-state index contributed by atoms with van der Waals surface area (Å²) < 4.78 is 5.57. The summed E-state index contributed by atoms with van der Waals surface area (Å²) in [6, 6.07) is 21.2. The molecule has 3 nitrogen and oxygen atoms in total. The number of benzene rings is 3. The van der Waals surface area contributed by atoms with Crippen LogP contribution < -0.4 is 10.1 Å². The Hall–Kier alpha value is -3.04. The molecule has 1 amide bonds. The number of amides is 1. The minimum absolute atomic E-state index is 0.148. The highest BCUT2D eigenvalue weighted by atomic mass is 35.5. The lowest BCUT2D eigenvalue weighted by molar-refractivity contribution is -0.116. The first-order valence-corrected chi connectivity index (χ1v) is 11.2. The fourth-order valence-corrected chi connectivity index (χ4v) is 4.00. The number of hydrogen-bond acceptors (Lipinski definition) is 2. The van der Waals surface area contributed by atoms with Gasteiger partial charge in [0.05, 0.1) is 13.2 Å². The molecule has 1 atom stereocenters. The number of carbonyl (C=O) groups excluding carboxylic acids is 1. The third-order valence-electron chi connectivity index (χ3n) is 5.59. The Morgan fingerprint density at radius 2 is 1.62 bits per heavy atom. The average Bonchev–Trinajstić information content (AvgIpc) is 2.78. The quantitative estimate of drug-likeness (QED) is 0.307.